The van der Waals surface area contributed by atoms with Crippen LogP contribution in [-0.2, 0) is 27.8 Å². The van der Waals surface area contributed by atoms with Gasteiger partial charge in [-0.15, -0.1) is 5.10 Å². The molecule has 3 aromatic carbocycles. The van der Waals surface area contributed by atoms with Gasteiger partial charge in [-0.3, -0.25) is 4.79 Å². The predicted molar refractivity (Wildman–Crippen MR) is 153 cm³/mol. The minimum Gasteiger partial charge on any atom is -0.361 e. The zero-order valence-electron chi connectivity index (χ0n) is 22.0. The Bertz CT molecular complexity index is 1720. The number of amides is 1. The highest BCUT2D eigenvalue weighted by atomic mass is 32.2. The van der Waals surface area contributed by atoms with Crippen LogP contribution in [0, 0.1) is 0 Å². The van der Waals surface area contributed by atoms with Crippen molar-refractivity contribution in [3.8, 4) is 22.5 Å². The number of tetrazole rings is 1. The molecule has 206 valence electrons. The Morgan fingerprint density at radius 1 is 1.00 bits per heavy atom. The molecule has 0 aliphatic heterocycles. The van der Waals surface area contributed by atoms with E-state index in [1.54, 1.807) is 6.20 Å². The summed E-state index contributed by atoms with van der Waals surface area (Å²) in [6, 6.07) is 22.1. The molecule has 0 aliphatic carbocycles. The number of aromatic nitrogens is 5. The van der Waals surface area contributed by atoms with Crippen molar-refractivity contribution in [1.82, 2.24) is 35.6 Å². The van der Waals surface area contributed by atoms with Crippen molar-refractivity contribution >= 4 is 26.8 Å². The Labute approximate surface area is 231 Å². The summed E-state index contributed by atoms with van der Waals surface area (Å²) < 4.78 is 28.3. The Kier molecular flexibility index (Phi) is 7.48. The number of nitrogens with one attached hydrogen (secondary N) is 4. The molecule has 40 heavy (non-hydrogen) atoms. The molecule has 0 radical (unpaired) electrons. The average Bonchev–Trinajstić information content (AvgIpc) is 3.62. The minimum atomic E-state index is -4.00. The molecule has 6 N–H and O–H groups in total. The van der Waals surface area contributed by atoms with Crippen LogP contribution in [0.2, 0.25) is 0 Å². The fraction of sp³-hybridized carbons (Fsp3) is 0.214. The summed E-state index contributed by atoms with van der Waals surface area (Å²) in [7, 11) is -4.00. The molecule has 1 unspecified atom stereocenters. The number of benzene rings is 3. The van der Waals surface area contributed by atoms with Crippen molar-refractivity contribution in [2.45, 2.75) is 37.7 Å². The van der Waals surface area contributed by atoms with E-state index in [0.29, 0.717) is 5.82 Å². The van der Waals surface area contributed by atoms with Crippen molar-refractivity contribution in [3.05, 3.63) is 90.1 Å². The molecule has 12 heteroatoms. The smallest absolute Gasteiger partial charge is 0.238 e. The first-order chi connectivity index (χ1) is 19.1. The van der Waals surface area contributed by atoms with E-state index in [-0.39, 0.29) is 13.0 Å². The summed E-state index contributed by atoms with van der Waals surface area (Å²) in [6.07, 6.45) is 1.94. The second kappa shape index (κ2) is 11.0. The Hall–Kier alpha value is -4.39. The van der Waals surface area contributed by atoms with E-state index in [1.165, 1.54) is 13.8 Å². The van der Waals surface area contributed by atoms with Crippen LogP contribution in [0.3, 0.4) is 0 Å². The van der Waals surface area contributed by atoms with Crippen LogP contribution in [0.4, 0.5) is 0 Å². The molecule has 2 aromatic heterocycles. The van der Waals surface area contributed by atoms with E-state index in [9.17, 15) is 13.2 Å². The van der Waals surface area contributed by atoms with E-state index < -0.39 is 26.8 Å². The van der Waals surface area contributed by atoms with Crippen LogP contribution in [0.5, 0.6) is 0 Å². The van der Waals surface area contributed by atoms with Gasteiger partial charge in [-0.1, -0.05) is 66.7 Å². The van der Waals surface area contributed by atoms with E-state index >= 15 is 0 Å². The maximum atomic E-state index is 13.3. The number of nitrogens with two attached hydrogens (primary N) is 1. The van der Waals surface area contributed by atoms with Gasteiger partial charge in [0, 0.05) is 29.2 Å². The first kappa shape index (κ1) is 27.2. The summed E-state index contributed by atoms with van der Waals surface area (Å²) in [5, 5.41) is 17.9. The van der Waals surface area contributed by atoms with Crippen LogP contribution < -0.4 is 15.8 Å². The van der Waals surface area contributed by atoms with Gasteiger partial charge in [-0.2, -0.15) is 0 Å². The third-order valence-corrected chi connectivity index (χ3v) is 8.64. The monoisotopic (exact) mass is 558 g/mol. The summed E-state index contributed by atoms with van der Waals surface area (Å²) in [6.45, 7) is 2.98. The second-order valence-corrected chi connectivity index (χ2v) is 12.3. The summed E-state index contributed by atoms with van der Waals surface area (Å²) in [5.74, 6) is 0.113. The van der Waals surface area contributed by atoms with Crippen molar-refractivity contribution in [2.75, 3.05) is 0 Å². The van der Waals surface area contributed by atoms with E-state index in [1.807, 2.05) is 72.8 Å². The van der Waals surface area contributed by atoms with Crippen LogP contribution in [0.1, 0.15) is 25.0 Å². The first-order valence-corrected chi connectivity index (χ1v) is 14.2. The van der Waals surface area contributed by atoms with Gasteiger partial charge in [0.15, 0.2) is 5.82 Å². The lowest BCUT2D eigenvalue weighted by molar-refractivity contribution is -0.122. The van der Waals surface area contributed by atoms with Crippen LogP contribution in [0.25, 0.3) is 33.4 Å². The lowest BCUT2D eigenvalue weighted by Crippen LogP contribution is -2.55. The third-order valence-electron chi connectivity index (χ3n) is 6.66. The normalized spacial score (nSPS) is 12.9. The molecule has 0 fully saturated rings. The second-order valence-electron chi connectivity index (χ2n) is 10.1. The number of carbonyl (C=O) groups is 1. The number of hydrogen-bond acceptors (Lipinski definition) is 7. The van der Waals surface area contributed by atoms with E-state index in [0.717, 1.165) is 38.7 Å². The quantitative estimate of drug-likeness (QED) is 0.175. The number of aromatic amines is 2. The fourth-order valence-corrected chi connectivity index (χ4v) is 5.25. The zero-order chi connectivity index (χ0) is 28.3. The van der Waals surface area contributed by atoms with Gasteiger partial charge in [0.25, 0.3) is 0 Å². The number of sulfonamides is 1. The minimum absolute atomic E-state index is 0.150. The van der Waals surface area contributed by atoms with Crippen molar-refractivity contribution < 1.29 is 13.2 Å². The van der Waals surface area contributed by atoms with Crippen LogP contribution in [-0.4, -0.2) is 50.8 Å². The number of nitrogens with zero attached hydrogens (tertiary/aromatic N) is 3. The molecule has 0 saturated carbocycles. The van der Waals surface area contributed by atoms with Gasteiger partial charge in [0.1, 0.15) is 10.9 Å². The number of H-pyrrole nitrogens is 2. The molecule has 5 rings (SSSR count). The molecule has 0 bridgehead atoms. The molecular formula is C28H30N8O3S. The molecule has 1 amide bonds. The Morgan fingerprint density at radius 3 is 2.40 bits per heavy atom. The van der Waals surface area contributed by atoms with Gasteiger partial charge < -0.3 is 16.0 Å². The molecule has 0 saturated heterocycles. The SMILES string of the molecule is CC(C)(N)S(=O)(=O)NC(Cc1c[nH]c2ccccc12)C(=O)NCc1ccc(-c2ccccc2-c2nnn[nH]2)cc1. The van der Waals surface area contributed by atoms with Crippen LogP contribution >= 0.6 is 0 Å². The Morgan fingerprint density at radius 2 is 1.70 bits per heavy atom. The van der Waals surface area contributed by atoms with E-state index in [2.05, 4.69) is 35.6 Å². The van der Waals surface area contributed by atoms with Gasteiger partial charge in [-0.05, 0) is 59.0 Å². The Balaban J connectivity index is 1.33. The lowest BCUT2D eigenvalue weighted by Gasteiger charge is -2.25. The van der Waals surface area contributed by atoms with Crippen LogP contribution in [0.15, 0.2) is 79.0 Å². The maximum Gasteiger partial charge on any atom is 0.238 e. The average molecular weight is 559 g/mol. The van der Waals surface area contributed by atoms with Gasteiger partial charge in [0.05, 0.1) is 0 Å². The molecule has 0 aliphatic rings. The molecule has 11 nitrogen and oxygen atoms in total. The predicted octanol–water partition coefficient (Wildman–Crippen LogP) is 2.86. The number of para-hydroxylation sites is 1. The zero-order valence-corrected chi connectivity index (χ0v) is 22.9. The highest BCUT2D eigenvalue weighted by Gasteiger charge is 2.34. The van der Waals surface area contributed by atoms with Gasteiger partial charge in [0.2, 0.25) is 15.9 Å². The highest BCUT2D eigenvalue weighted by Crippen LogP contribution is 2.29. The number of hydrogen-bond donors (Lipinski definition) is 5. The number of rotatable bonds is 10. The summed E-state index contributed by atoms with van der Waals surface area (Å²) in [5.41, 5.74) is 11.2. The summed E-state index contributed by atoms with van der Waals surface area (Å²) >= 11 is 0. The standard InChI is InChI=1S/C28H30N8O3S/c1-28(2,29)40(38,39)34-25(15-20-17-30-24-10-6-5-8-22(20)24)27(37)31-16-18-11-13-19(14-12-18)21-7-3-4-9-23(21)26-32-35-36-33-26/h3-14,17,25,30,34H,15-16,29H2,1-2H3,(H,31,37)(H,32,33,35,36). The summed E-state index contributed by atoms with van der Waals surface area (Å²) in [4.78, 5) is 14.9. The molecule has 1 atom stereocenters. The topological polar surface area (TPSA) is 172 Å². The van der Waals surface area contributed by atoms with Gasteiger partial charge >= 0.3 is 0 Å². The van der Waals surface area contributed by atoms with Crippen molar-refractivity contribution in [2.24, 2.45) is 5.73 Å². The fourth-order valence-electron chi connectivity index (χ4n) is 4.38. The van der Waals surface area contributed by atoms with Gasteiger partial charge in [-0.25, -0.2) is 18.2 Å². The first-order valence-electron chi connectivity index (χ1n) is 12.7. The maximum absolute atomic E-state index is 13.3. The van der Waals surface area contributed by atoms with Crippen molar-refractivity contribution in [1.29, 1.82) is 0 Å². The highest BCUT2D eigenvalue weighted by molar-refractivity contribution is 7.90. The van der Waals surface area contributed by atoms with E-state index in [4.69, 9.17) is 5.73 Å². The lowest BCUT2D eigenvalue weighted by atomic mass is 9.98. The number of fused-ring (bicyclic) bond motifs is 1. The molecule has 2 heterocycles. The van der Waals surface area contributed by atoms with Crippen molar-refractivity contribution in [3.63, 3.8) is 0 Å². The largest absolute Gasteiger partial charge is 0.361 e. The third kappa shape index (κ3) is 5.78. The number of carbonyl (C=O) groups excluding carboxylic acids is 1. The molecule has 0 spiro atoms. The molecular weight excluding hydrogens is 528 g/mol. The molecule has 5 aromatic rings.